The highest BCUT2D eigenvalue weighted by atomic mass is 32.1. The van der Waals surface area contributed by atoms with Gasteiger partial charge in [-0.1, -0.05) is 19.3 Å². The fourth-order valence-electron chi connectivity index (χ4n) is 2.20. The molecule has 1 saturated carbocycles. The van der Waals surface area contributed by atoms with Gasteiger partial charge in [0.15, 0.2) is 10.8 Å². The van der Waals surface area contributed by atoms with Crippen LogP contribution in [0.3, 0.4) is 0 Å². The van der Waals surface area contributed by atoms with Crippen molar-refractivity contribution < 1.29 is 9.53 Å². The van der Waals surface area contributed by atoms with Gasteiger partial charge in [-0.3, -0.25) is 20.6 Å². The number of carbonyl (C=O) groups is 1. The fourth-order valence-corrected chi connectivity index (χ4v) is 2.42. The lowest BCUT2D eigenvalue weighted by Gasteiger charge is -2.24. The topological polar surface area (TPSA) is 88.2 Å². The summed E-state index contributed by atoms with van der Waals surface area (Å²) < 4.78 is 4.92. The van der Waals surface area contributed by atoms with Crippen LogP contribution in [0.25, 0.3) is 0 Å². The summed E-state index contributed by atoms with van der Waals surface area (Å²) in [5, 5.41) is 3.60. The summed E-state index contributed by atoms with van der Waals surface area (Å²) in [6.45, 7) is 0. The molecule has 8 heteroatoms. The number of hydrogen-bond donors (Lipinski definition) is 3. The summed E-state index contributed by atoms with van der Waals surface area (Å²) in [6, 6.07) is 0.382. The molecule has 1 amide bonds. The van der Waals surface area contributed by atoms with E-state index >= 15 is 0 Å². The number of methoxy groups -OCH3 is 1. The van der Waals surface area contributed by atoms with Crippen molar-refractivity contribution in [2.24, 2.45) is 0 Å². The maximum atomic E-state index is 11.9. The van der Waals surface area contributed by atoms with Crippen LogP contribution in [-0.4, -0.2) is 34.1 Å². The second kappa shape index (κ2) is 7.72. The first-order valence-electron chi connectivity index (χ1n) is 6.92. The fraction of sp³-hybridized carbons (Fsp3) is 0.538. The number of aromatic nitrogens is 2. The summed E-state index contributed by atoms with van der Waals surface area (Å²) in [5.74, 6) is -0.139. The Morgan fingerprint density at radius 1 is 1.29 bits per heavy atom. The Labute approximate surface area is 128 Å². The van der Waals surface area contributed by atoms with Crippen molar-refractivity contribution in [3.63, 3.8) is 0 Å². The molecule has 0 aliphatic heterocycles. The number of ether oxygens (including phenoxy) is 1. The van der Waals surface area contributed by atoms with Gasteiger partial charge in [-0.25, -0.2) is 4.98 Å². The number of hydrogen-bond acceptors (Lipinski definition) is 5. The van der Waals surface area contributed by atoms with Crippen molar-refractivity contribution >= 4 is 23.2 Å². The third-order valence-corrected chi connectivity index (χ3v) is 3.50. The average molecular weight is 309 g/mol. The van der Waals surface area contributed by atoms with E-state index in [1.165, 1.54) is 38.8 Å². The summed E-state index contributed by atoms with van der Waals surface area (Å²) in [6.07, 6.45) is 8.71. The lowest BCUT2D eigenvalue weighted by molar-refractivity contribution is 0.0937. The highest BCUT2D eigenvalue weighted by Gasteiger charge is 2.14. The van der Waals surface area contributed by atoms with Gasteiger partial charge in [0, 0.05) is 6.04 Å². The van der Waals surface area contributed by atoms with Gasteiger partial charge in [-0.15, -0.1) is 0 Å². The standard InChI is InChI=1S/C13H19N5O2S/c1-20-11-8-14-7-10(16-11)12(19)17-18-13(21)15-9-5-3-2-4-6-9/h7-9H,2-6H2,1H3,(H,17,19)(H2,15,18,21). The van der Waals surface area contributed by atoms with Crippen molar-refractivity contribution in [3.05, 3.63) is 18.1 Å². The van der Waals surface area contributed by atoms with Crippen LogP contribution in [-0.2, 0) is 0 Å². The Hall–Kier alpha value is -1.96. The molecule has 0 atom stereocenters. The monoisotopic (exact) mass is 309 g/mol. The van der Waals surface area contributed by atoms with E-state index in [4.69, 9.17) is 17.0 Å². The van der Waals surface area contributed by atoms with E-state index in [2.05, 4.69) is 26.1 Å². The lowest BCUT2D eigenvalue weighted by atomic mass is 9.96. The number of carbonyl (C=O) groups excluding carboxylic acids is 1. The first kappa shape index (κ1) is 15.4. The molecule has 0 aromatic carbocycles. The molecule has 21 heavy (non-hydrogen) atoms. The first-order chi connectivity index (χ1) is 10.2. The van der Waals surface area contributed by atoms with Gasteiger partial charge < -0.3 is 10.1 Å². The molecule has 7 nitrogen and oxygen atoms in total. The number of nitrogens with zero attached hydrogens (tertiary/aromatic N) is 2. The lowest BCUT2D eigenvalue weighted by Crippen LogP contribution is -2.50. The van der Waals surface area contributed by atoms with Crippen molar-refractivity contribution in [2.45, 2.75) is 38.1 Å². The van der Waals surface area contributed by atoms with E-state index in [1.54, 1.807) is 0 Å². The van der Waals surface area contributed by atoms with Crippen LogP contribution in [0.5, 0.6) is 5.88 Å². The third kappa shape index (κ3) is 4.82. The van der Waals surface area contributed by atoms with Gasteiger partial charge in [0.25, 0.3) is 5.91 Å². The van der Waals surface area contributed by atoms with Gasteiger partial charge in [-0.2, -0.15) is 0 Å². The van der Waals surface area contributed by atoms with Crippen LogP contribution in [0, 0.1) is 0 Å². The summed E-state index contributed by atoms with van der Waals surface area (Å²) >= 11 is 5.15. The highest BCUT2D eigenvalue weighted by Crippen LogP contribution is 2.17. The summed E-state index contributed by atoms with van der Waals surface area (Å²) in [4.78, 5) is 19.7. The van der Waals surface area contributed by atoms with Crippen LogP contribution < -0.4 is 20.9 Å². The van der Waals surface area contributed by atoms with Crippen molar-refractivity contribution in [3.8, 4) is 5.88 Å². The van der Waals surface area contributed by atoms with Crippen molar-refractivity contribution in [2.75, 3.05) is 7.11 Å². The minimum Gasteiger partial charge on any atom is -0.480 e. The Kier molecular flexibility index (Phi) is 5.68. The van der Waals surface area contributed by atoms with Gasteiger partial charge in [0.05, 0.1) is 19.5 Å². The van der Waals surface area contributed by atoms with Gasteiger partial charge in [-0.05, 0) is 25.1 Å². The van der Waals surface area contributed by atoms with Gasteiger partial charge >= 0.3 is 0 Å². The maximum Gasteiger partial charge on any atom is 0.290 e. The Morgan fingerprint density at radius 3 is 2.76 bits per heavy atom. The summed E-state index contributed by atoms with van der Waals surface area (Å²) in [7, 11) is 1.47. The molecule has 1 aliphatic rings. The zero-order valence-electron chi connectivity index (χ0n) is 11.9. The molecule has 0 unspecified atom stereocenters. The van der Waals surface area contributed by atoms with Crippen molar-refractivity contribution in [1.82, 2.24) is 26.1 Å². The molecule has 2 rings (SSSR count). The van der Waals surface area contributed by atoms with E-state index in [-0.39, 0.29) is 11.6 Å². The van der Waals surface area contributed by atoms with E-state index in [0.29, 0.717) is 11.2 Å². The van der Waals surface area contributed by atoms with Crippen LogP contribution in [0.15, 0.2) is 12.4 Å². The Morgan fingerprint density at radius 2 is 2.05 bits per heavy atom. The smallest absolute Gasteiger partial charge is 0.290 e. The van der Waals surface area contributed by atoms with E-state index in [1.807, 2.05) is 0 Å². The zero-order chi connectivity index (χ0) is 15.1. The number of nitrogens with one attached hydrogen (secondary N) is 3. The number of hydrazine groups is 1. The number of rotatable bonds is 3. The molecule has 3 N–H and O–H groups in total. The molecular formula is C13H19N5O2S. The highest BCUT2D eigenvalue weighted by molar-refractivity contribution is 7.80. The predicted octanol–water partition coefficient (Wildman–Crippen LogP) is 0.927. The normalized spacial score (nSPS) is 15.1. The van der Waals surface area contributed by atoms with Crippen LogP contribution in [0.2, 0.25) is 0 Å². The molecule has 1 aromatic heterocycles. The molecule has 114 valence electrons. The minimum atomic E-state index is -0.422. The number of thiocarbonyl (C=S) groups is 1. The number of amides is 1. The second-order valence-corrected chi connectivity index (χ2v) is 5.24. The second-order valence-electron chi connectivity index (χ2n) is 4.83. The SMILES string of the molecule is COc1cncc(C(=O)NNC(=S)NC2CCCCC2)n1. The Bertz CT molecular complexity index is 505. The summed E-state index contributed by atoms with van der Waals surface area (Å²) in [5.41, 5.74) is 5.32. The molecule has 0 saturated heterocycles. The van der Waals surface area contributed by atoms with E-state index < -0.39 is 5.91 Å². The minimum absolute atomic E-state index is 0.155. The van der Waals surface area contributed by atoms with Crippen molar-refractivity contribution in [1.29, 1.82) is 0 Å². The Balaban J connectivity index is 1.78. The molecule has 0 radical (unpaired) electrons. The molecule has 1 fully saturated rings. The average Bonchev–Trinajstić information content (AvgIpc) is 2.53. The molecule has 0 bridgehead atoms. The maximum absolute atomic E-state index is 11.9. The predicted molar refractivity (Wildman–Crippen MR) is 81.8 cm³/mol. The molecule has 1 aromatic rings. The quantitative estimate of drug-likeness (QED) is 0.565. The van der Waals surface area contributed by atoms with E-state index in [0.717, 1.165) is 12.8 Å². The van der Waals surface area contributed by atoms with E-state index in [9.17, 15) is 4.79 Å². The molecule has 0 spiro atoms. The van der Waals surface area contributed by atoms with Crippen LogP contribution in [0.1, 0.15) is 42.6 Å². The zero-order valence-corrected chi connectivity index (χ0v) is 12.7. The molecule has 1 heterocycles. The van der Waals surface area contributed by atoms with Crippen LogP contribution >= 0.6 is 12.2 Å². The molecule has 1 aliphatic carbocycles. The van der Waals surface area contributed by atoms with Crippen LogP contribution in [0.4, 0.5) is 0 Å². The molecular weight excluding hydrogens is 290 g/mol. The van der Waals surface area contributed by atoms with Gasteiger partial charge in [0.1, 0.15) is 0 Å². The largest absolute Gasteiger partial charge is 0.480 e. The van der Waals surface area contributed by atoms with Gasteiger partial charge in [0.2, 0.25) is 5.88 Å². The third-order valence-electron chi connectivity index (χ3n) is 3.28. The first-order valence-corrected chi connectivity index (χ1v) is 7.33.